The first-order valence-corrected chi connectivity index (χ1v) is 6.72. The Labute approximate surface area is 108 Å². The fraction of sp³-hybridized carbons (Fsp3) is 0.692. The SMILES string of the molecule is NCC1CCC(CNC(=O)Cn2cccn2)CC1. The zero-order valence-corrected chi connectivity index (χ0v) is 10.7. The van der Waals surface area contributed by atoms with E-state index in [0.29, 0.717) is 18.4 Å². The fourth-order valence-electron chi connectivity index (χ4n) is 2.53. The van der Waals surface area contributed by atoms with Crippen LogP contribution in [0.5, 0.6) is 0 Å². The number of nitrogens with zero attached hydrogens (tertiary/aromatic N) is 2. The zero-order valence-electron chi connectivity index (χ0n) is 10.7. The zero-order chi connectivity index (χ0) is 12.8. The van der Waals surface area contributed by atoms with Crippen molar-refractivity contribution in [2.75, 3.05) is 13.1 Å². The maximum absolute atomic E-state index is 11.7. The highest BCUT2D eigenvalue weighted by molar-refractivity contribution is 5.75. The molecule has 18 heavy (non-hydrogen) atoms. The van der Waals surface area contributed by atoms with Gasteiger partial charge < -0.3 is 11.1 Å². The summed E-state index contributed by atoms with van der Waals surface area (Å²) in [6.07, 6.45) is 8.26. The number of nitrogens with two attached hydrogens (primary N) is 1. The number of hydrogen-bond acceptors (Lipinski definition) is 3. The third kappa shape index (κ3) is 3.84. The topological polar surface area (TPSA) is 72.9 Å². The maximum Gasteiger partial charge on any atom is 0.241 e. The van der Waals surface area contributed by atoms with Gasteiger partial charge in [0.2, 0.25) is 5.91 Å². The minimum Gasteiger partial charge on any atom is -0.354 e. The highest BCUT2D eigenvalue weighted by atomic mass is 16.2. The summed E-state index contributed by atoms with van der Waals surface area (Å²) in [5.74, 6) is 1.36. The second-order valence-electron chi connectivity index (χ2n) is 5.13. The Hall–Kier alpha value is -1.36. The molecule has 0 aromatic carbocycles. The van der Waals surface area contributed by atoms with Crippen LogP contribution < -0.4 is 11.1 Å². The molecule has 0 bridgehead atoms. The Morgan fingerprint density at radius 3 is 2.67 bits per heavy atom. The van der Waals surface area contributed by atoms with Crippen molar-refractivity contribution in [1.82, 2.24) is 15.1 Å². The minimum atomic E-state index is 0.0413. The Balaban J connectivity index is 1.64. The van der Waals surface area contributed by atoms with E-state index in [0.717, 1.165) is 13.1 Å². The number of carbonyl (C=O) groups is 1. The lowest BCUT2D eigenvalue weighted by Gasteiger charge is -2.27. The molecule has 100 valence electrons. The Morgan fingerprint density at radius 1 is 1.33 bits per heavy atom. The van der Waals surface area contributed by atoms with Crippen LogP contribution in [0.15, 0.2) is 18.5 Å². The minimum absolute atomic E-state index is 0.0413. The van der Waals surface area contributed by atoms with Crippen LogP contribution in [0.1, 0.15) is 25.7 Å². The summed E-state index contributed by atoms with van der Waals surface area (Å²) < 4.78 is 1.64. The average molecular weight is 250 g/mol. The second-order valence-corrected chi connectivity index (χ2v) is 5.13. The molecule has 5 nitrogen and oxygen atoms in total. The lowest BCUT2D eigenvalue weighted by molar-refractivity contribution is -0.122. The summed E-state index contributed by atoms with van der Waals surface area (Å²) in [7, 11) is 0. The lowest BCUT2D eigenvalue weighted by Crippen LogP contribution is -2.34. The predicted octanol–water partition coefficient (Wildman–Crippen LogP) is 0.764. The summed E-state index contributed by atoms with van der Waals surface area (Å²) in [6.45, 7) is 1.90. The van der Waals surface area contributed by atoms with Crippen molar-refractivity contribution in [2.24, 2.45) is 17.6 Å². The second kappa shape index (κ2) is 6.54. The van der Waals surface area contributed by atoms with Gasteiger partial charge in [-0.05, 0) is 50.1 Å². The van der Waals surface area contributed by atoms with E-state index in [-0.39, 0.29) is 5.91 Å². The number of nitrogens with one attached hydrogen (secondary N) is 1. The molecule has 0 aliphatic heterocycles. The fourth-order valence-corrected chi connectivity index (χ4v) is 2.53. The molecule has 1 heterocycles. The van der Waals surface area contributed by atoms with Gasteiger partial charge in [0.25, 0.3) is 0 Å². The first kappa shape index (κ1) is 13.1. The number of aromatic nitrogens is 2. The van der Waals surface area contributed by atoms with E-state index in [1.165, 1.54) is 25.7 Å². The van der Waals surface area contributed by atoms with E-state index in [9.17, 15) is 4.79 Å². The molecule has 5 heteroatoms. The van der Waals surface area contributed by atoms with Crippen molar-refractivity contribution in [3.63, 3.8) is 0 Å². The summed E-state index contributed by atoms with van der Waals surface area (Å²) in [4.78, 5) is 11.7. The Morgan fingerprint density at radius 2 is 2.06 bits per heavy atom. The van der Waals surface area contributed by atoms with Crippen molar-refractivity contribution in [2.45, 2.75) is 32.2 Å². The van der Waals surface area contributed by atoms with Gasteiger partial charge in [-0.1, -0.05) is 0 Å². The van der Waals surface area contributed by atoms with Gasteiger partial charge in [-0.3, -0.25) is 9.48 Å². The smallest absolute Gasteiger partial charge is 0.241 e. The molecule has 1 aromatic heterocycles. The van der Waals surface area contributed by atoms with E-state index in [1.54, 1.807) is 17.1 Å². The van der Waals surface area contributed by atoms with Crippen LogP contribution in [-0.2, 0) is 11.3 Å². The van der Waals surface area contributed by atoms with Crippen molar-refractivity contribution in [3.8, 4) is 0 Å². The van der Waals surface area contributed by atoms with Crippen LogP contribution in [-0.4, -0.2) is 28.8 Å². The van der Waals surface area contributed by atoms with Gasteiger partial charge in [0.05, 0.1) is 0 Å². The first-order valence-electron chi connectivity index (χ1n) is 6.72. The molecule has 1 fully saturated rings. The van der Waals surface area contributed by atoms with Crippen molar-refractivity contribution in [3.05, 3.63) is 18.5 Å². The number of rotatable bonds is 5. The predicted molar refractivity (Wildman–Crippen MR) is 69.7 cm³/mol. The number of carbonyl (C=O) groups excluding carboxylic acids is 1. The number of amides is 1. The quantitative estimate of drug-likeness (QED) is 0.810. The van der Waals surface area contributed by atoms with E-state index < -0.39 is 0 Å². The summed E-state index contributed by atoms with van der Waals surface area (Å²) in [5.41, 5.74) is 5.67. The van der Waals surface area contributed by atoms with Crippen molar-refractivity contribution < 1.29 is 4.79 Å². The molecule has 0 unspecified atom stereocenters. The highest BCUT2D eigenvalue weighted by Crippen LogP contribution is 2.27. The van der Waals surface area contributed by atoms with E-state index in [4.69, 9.17) is 5.73 Å². The molecule has 2 rings (SSSR count). The Kier molecular flexibility index (Phi) is 4.75. The van der Waals surface area contributed by atoms with Gasteiger partial charge in [-0.25, -0.2) is 0 Å². The first-order chi connectivity index (χ1) is 8.78. The normalized spacial score (nSPS) is 23.8. The Bertz CT molecular complexity index is 355. The molecule has 0 spiro atoms. The molecule has 0 atom stereocenters. The maximum atomic E-state index is 11.7. The summed E-state index contributed by atoms with van der Waals surface area (Å²) in [6, 6.07) is 1.82. The summed E-state index contributed by atoms with van der Waals surface area (Å²) in [5, 5.41) is 7.01. The molecule has 1 saturated carbocycles. The molecule has 0 radical (unpaired) electrons. The van der Waals surface area contributed by atoms with Crippen molar-refractivity contribution >= 4 is 5.91 Å². The molecule has 1 aliphatic rings. The van der Waals surface area contributed by atoms with Crippen LogP contribution in [0.3, 0.4) is 0 Å². The van der Waals surface area contributed by atoms with Crippen LogP contribution in [0.2, 0.25) is 0 Å². The van der Waals surface area contributed by atoms with Gasteiger partial charge >= 0.3 is 0 Å². The van der Waals surface area contributed by atoms with Gasteiger partial charge in [-0.15, -0.1) is 0 Å². The molecule has 3 N–H and O–H groups in total. The molecule has 1 aliphatic carbocycles. The van der Waals surface area contributed by atoms with Gasteiger partial charge in [-0.2, -0.15) is 5.10 Å². The summed E-state index contributed by atoms with van der Waals surface area (Å²) >= 11 is 0. The van der Waals surface area contributed by atoms with E-state index >= 15 is 0 Å². The van der Waals surface area contributed by atoms with Crippen LogP contribution in [0.4, 0.5) is 0 Å². The molecule has 1 amide bonds. The van der Waals surface area contributed by atoms with E-state index in [1.807, 2.05) is 6.07 Å². The third-order valence-corrected chi connectivity index (χ3v) is 3.75. The van der Waals surface area contributed by atoms with E-state index in [2.05, 4.69) is 10.4 Å². The average Bonchev–Trinajstić information content (AvgIpc) is 2.90. The van der Waals surface area contributed by atoms with Crippen LogP contribution in [0.25, 0.3) is 0 Å². The molecular weight excluding hydrogens is 228 g/mol. The molecular formula is C13H22N4O. The molecule has 1 aromatic rings. The molecule has 0 saturated heterocycles. The monoisotopic (exact) mass is 250 g/mol. The number of hydrogen-bond donors (Lipinski definition) is 2. The van der Waals surface area contributed by atoms with Gasteiger partial charge in [0, 0.05) is 18.9 Å². The highest BCUT2D eigenvalue weighted by Gasteiger charge is 2.20. The van der Waals surface area contributed by atoms with Gasteiger partial charge in [0.15, 0.2) is 0 Å². The van der Waals surface area contributed by atoms with Crippen LogP contribution >= 0.6 is 0 Å². The largest absolute Gasteiger partial charge is 0.354 e. The van der Waals surface area contributed by atoms with Gasteiger partial charge in [0.1, 0.15) is 6.54 Å². The lowest BCUT2D eigenvalue weighted by atomic mass is 9.82. The third-order valence-electron chi connectivity index (χ3n) is 3.75. The van der Waals surface area contributed by atoms with Crippen molar-refractivity contribution in [1.29, 1.82) is 0 Å². The van der Waals surface area contributed by atoms with Crippen LogP contribution in [0, 0.1) is 11.8 Å². The standard InChI is InChI=1S/C13H22N4O/c14-8-11-2-4-12(5-3-11)9-15-13(18)10-17-7-1-6-16-17/h1,6-7,11-12H,2-5,8-10,14H2,(H,15,18).